The zero-order valence-corrected chi connectivity index (χ0v) is 16.9. The molecule has 4 aromatic rings. The van der Waals surface area contributed by atoms with Crippen molar-refractivity contribution in [2.45, 2.75) is 13.3 Å². The van der Waals surface area contributed by atoms with Crippen molar-refractivity contribution in [3.63, 3.8) is 0 Å². The van der Waals surface area contributed by atoms with Crippen LogP contribution >= 0.6 is 0 Å². The van der Waals surface area contributed by atoms with Crippen LogP contribution in [0.1, 0.15) is 22.8 Å². The fourth-order valence-electron chi connectivity index (χ4n) is 3.30. The van der Waals surface area contributed by atoms with Crippen LogP contribution in [0.3, 0.4) is 0 Å². The summed E-state index contributed by atoms with van der Waals surface area (Å²) in [5.74, 6) is 1.60. The van der Waals surface area contributed by atoms with Gasteiger partial charge in [0.25, 0.3) is 5.91 Å². The van der Waals surface area contributed by atoms with Gasteiger partial charge in [0.1, 0.15) is 5.75 Å². The van der Waals surface area contributed by atoms with Crippen molar-refractivity contribution in [1.29, 1.82) is 0 Å². The number of aryl methyl sites for hydroxylation is 1. The molecule has 0 aliphatic carbocycles. The maximum Gasteiger partial charge on any atom is 0.256 e. The van der Waals surface area contributed by atoms with Crippen molar-refractivity contribution < 1.29 is 13.9 Å². The van der Waals surface area contributed by atoms with Crippen molar-refractivity contribution in [2.75, 3.05) is 12.4 Å². The summed E-state index contributed by atoms with van der Waals surface area (Å²) in [6, 6.07) is 22.7. The Morgan fingerprint density at radius 2 is 1.73 bits per heavy atom. The molecular formula is C25H22N2O3. The van der Waals surface area contributed by atoms with Gasteiger partial charge in [0, 0.05) is 16.8 Å². The van der Waals surface area contributed by atoms with Crippen molar-refractivity contribution >= 4 is 11.6 Å². The first kappa shape index (κ1) is 19.5. The fraction of sp³-hybridized carbons (Fsp3) is 0.120. The zero-order chi connectivity index (χ0) is 20.9. The third-order valence-electron chi connectivity index (χ3n) is 4.93. The summed E-state index contributed by atoms with van der Waals surface area (Å²) in [6.07, 6.45) is 2.50. The Morgan fingerprint density at radius 1 is 1.00 bits per heavy atom. The summed E-state index contributed by atoms with van der Waals surface area (Å²) >= 11 is 0. The van der Waals surface area contributed by atoms with Gasteiger partial charge in [-0.15, -0.1) is 0 Å². The molecule has 0 aliphatic rings. The molecule has 30 heavy (non-hydrogen) atoms. The zero-order valence-electron chi connectivity index (χ0n) is 16.9. The molecule has 0 spiro atoms. The quantitative estimate of drug-likeness (QED) is 0.444. The smallest absolute Gasteiger partial charge is 0.256 e. The van der Waals surface area contributed by atoms with E-state index in [-0.39, 0.29) is 5.91 Å². The lowest BCUT2D eigenvalue weighted by molar-refractivity contribution is 0.102. The third-order valence-corrected chi connectivity index (χ3v) is 4.93. The molecule has 5 nitrogen and oxygen atoms in total. The Labute approximate surface area is 175 Å². The summed E-state index contributed by atoms with van der Waals surface area (Å²) in [6.45, 7) is 2.06. The number of nitrogens with zero attached hydrogens (tertiary/aromatic N) is 1. The highest BCUT2D eigenvalue weighted by atomic mass is 16.5. The lowest BCUT2D eigenvalue weighted by Gasteiger charge is -2.11. The third kappa shape index (κ3) is 3.96. The summed E-state index contributed by atoms with van der Waals surface area (Å²) in [4.78, 5) is 17.4. The highest BCUT2D eigenvalue weighted by Crippen LogP contribution is 2.29. The largest absolute Gasteiger partial charge is 0.497 e. The molecule has 150 valence electrons. The number of hydrogen-bond donors (Lipinski definition) is 1. The number of benzene rings is 3. The maximum atomic E-state index is 13.0. The van der Waals surface area contributed by atoms with Gasteiger partial charge in [-0.05, 0) is 54.4 Å². The molecule has 1 aromatic heterocycles. The van der Waals surface area contributed by atoms with Crippen LogP contribution in [0.4, 0.5) is 5.69 Å². The van der Waals surface area contributed by atoms with Crippen molar-refractivity contribution in [3.8, 4) is 28.5 Å². The molecule has 1 N–H and O–H groups in total. The van der Waals surface area contributed by atoms with Gasteiger partial charge in [-0.1, -0.05) is 37.3 Å². The summed E-state index contributed by atoms with van der Waals surface area (Å²) in [7, 11) is 1.63. The lowest BCUT2D eigenvalue weighted by Crippen LogP contribution is -2.14. The van der Waals surface area contributed by atoms with E-state index >= 15 is 0 Å². The number of carbonyl (C=O) groups is 1. The van der Waals surface area contributed by atoms with Crippen LogP contribution in [0.25, 0.3) is 22.8 Å². The average Bonchev–Trinajstić information content (AvgIpc) is 3.29. The summed E-state index contributed by atoms with van der Waals surface area (Å²) < 4.78 is 11.2. The number of carbonyl (C=O) groups excluding carboxylic acids is 1. The second-order valence-electron chi connectivity index (χ2n) is 6.77. The van der Waals surface area contributed by atoms with Gasteiger partial charge >= 0.3 is 0 Å². The van der Waals surface area contributed by atoms with E-state index in [9.17, 15) is 4.79 Å². The molecule has 1 heterocycles. The molecule has 0 bridgehead atoms. The summed E-state index contributed by atoms with van der Waals surface area (Å²) in [5, 5.41) is 3.02. The number of oxazole rings is 1. The molecule has 1 amide bonds. The second kappa shape index (κ2) is 8.66. The minimum absolute atomic E-state index is 0.198. The van der Waals surface area contributed by atoms with Gasteiger partial charge in [-0.3, -0.25) is 4.79 Å². The lowest BCUT2D eigenvalue weighted by atomic mass is 10.1. The number of nitrogens with one attached hydrogen (secondary N) is 1. The maximum absolute atomic E-state index is 13.0. The Hall–Kier alpha value is -3.86. The van der Waals surface area contributed by atoms with E-state index in [4.69, 9.17) is 9.15 Å². The number of rotatable bonds is 6. The number of methoxy groups -OCH3 is 1. The highest BCUT2D eigenvalue weighted by Gasteiger charge is 2.17. The molecule has 0 unspecified atom stereocenters. The Balaban J connectivity index is 1.63. The molecule has 0 atom stereocenters. The highest BCUT2D eigenvalue weighted by molar-refractivity contribution is 6.08. The first-order chi connectivity index (χ1) is 14.7. The van der Waals surface area contributed by atoms with Crippen molar-refractivity contribution in [3.05, 3.63) is 90.1 Å². The number of para-hydroxylation sites is 1. The molecule has 0 saturated heterocycles. The standard InChI is InChI=1S/C25H22N2O3/c1-3-17-8-4-7-11-22(17)27-24(28)20-9-5-6-10-21(20)25-26-16-23(30-25)18-12-14-19(29-2)15-13-18/h4-16H,3H2,1-2H3,(H,27,28). The number of ether oxygens (including phenoxy) is 1. The SMILES string of the molecule is CCc1ccccc1NC(=O)c1ccccc1-c1ncc(-c2ccc(OC)cc2)o1. The average molecular weight is 398 g/mol. The molecule has 3 aromatic carbocycles. The van der Waals surface area contributed by atoms with Gasteiger partial charge < -0.3 is 14.5 Å². The topological polar surface area (TPSA) is 64.4 Å². The van der Waals surface area contributed by atoms with E-state index < -0.39 is 0 Å². The van der Waals surface area contributed by atoms with Gasteiger partial charge in [-0.2, -0.15) is 0 Å². The van der Waals surface area contributed by atoms with E-state index in [1.165, 1.54) is 0 Å². The Morgan fingerprint density at radius 3 is 2.50 bits per heavy atom. The van der Waals surface area contributed by atoms with Crippen LogP contribution in [0.15, 0.2) is 83.4 Å². The normalized spacial score (nSPS) is 10.6. The first-order valence-electron chi connectivity index (χ1n) is 9.78. The van der Waals surface area contributed by atoms with Crippen LogP contribution in [0.5, 0.6) is 5.75 Å². The van der Waals surface area contributed by atoms with E-state index in [1.54, 1.807) is 19.4 Å². The molecule has 0 aliphatic heterocycles. The molecule has 0 saturated carbocycles. The van der Waals surface area contributed by atoms with Crippen LogP contribution in [-0.2, 0) is 6.42 Å². The molecular weight excluding hydrogens is 376 g/mol. The Bertz CT molecular complexity index is 1160. The fourth-order valence-corrected chi connectivity index (χ4v) is 3.30. The minimum atomic E-state index is -0.198. The van der Waals surface area contributed by atoms with Crippen molar-refractivity contribution in [2.24, 2.45) is 0 Å². The second-order valence-corrected chi connectivity index (χ2v) is 6.77. The van der Waals surface area contributed by atoms with Crippen LogP contribution in [0, 0.1) is 0 Å². The first-order valence-corrected chi connectivity index (χ1v) is 9.78. The van der Waals surface area contributed by atoms with E-state index in [2.05, 4.69) is 17.2 Å². The van der Waals surface area contributed by atoms with Crippen molar-refractivity contribution in [1.82, 2.24) is 4.98 Å². The number of hydrogen-bond acceptors (Lipinski definition) is 4. The van der Waals surface area contributed by atoms with Crippen LogP contribution in [0.2, 0.25) is 0 Å². The predicted octanol–water partition coefficient (Wildman–Crippen LogP) is 5.83. The van der Waals surface area contributed by atoms with Crippen LogP contribution in [-0.4, -0.2) is 18.0 Å². The molecule has 0 radical (unpaired) electrons. The van der Waals surface area contributed by atoms with Gasteiger partial charge in [-0.25, -0.2) is 4.98 Å². The van der Waals surface area contributed by atoms with Crippen LogP contribution < -0.4 is 10.1 Å². The minimum Gasteiger partial charge on any atom is -0.497 e. The number of anilines is 1. The summed E-state index contributed by atoms with van der Waals surface area (Å²) in [5.41, 5.74) is 3.93. The predicted molar refractivity (Wildman–Crippen MR) is 118 cm³/mol. The van der Waals surface area contributed by atoms with Gasteiger partial charge in [0.05, 0.1) is 18.9 Å². The van der Waals surface area contributed by atoms with Gasteiger partial charge in [0.15, 0.2) is 5.76 Å². The molecule has 4 rings (SSSR count). The van der Waals surface area contributed by atoms with E-state index in [0.717, 1.165) is 29.0 Å². The number of aromatic nitrogens is 1. The number of amides is 1. The monoisotopic (exact) mass is 398 g/mol. The van der Waals surface area contributed by atoms with Gasteiger partial charge in [0.2, 0.25) is 5.89 Å². The Kier molecular flexibility index (Phi) is 5.61. The molecule has 5 heteroatoms. The molecule has 0 fully saturated rings. The van der Waals surface area contributed by atoms with E-state index in [1.807, 2.05) is 66.7 Å². The van der Waals surface area contributed by atoms with E-state index in [0.29, 0.717) is 22.8 Å².